The number of rotatable bonds is 3. The van der Waals surface area contributed by atoms with E-state index in [2.05, 4.69) is 15.5 Å². The van der Waals surface area contributed by atoms with Crippen molar-refractivity contribution in [3.63, 3.8) is 0 Å². The Morgan fingerprint density at radius 2 is 2.32 bits per heavy atom. The van der Waals surface area contributed by atoms with E-state index < -0.39 is 0 Å². The molecule has 0 saturated heterocycles. The maximum Gasteiger partial charge on any atom is 0.251 e. The van der Waals surface area contributed by atoms with Gasteiger partial charge in [0, 0.05) is 11.6 Å². The minimum absolute atomic E-state index is 0.170. The van der Waals surface area contributed by atoms with Crippen LogP contribution in [0, 0.1) is 0 Å². The number of nitrogens with two attached hydrogens (primary N) is 1. The monoisotopic (exact) mass is 274 g/mol. The van der Waals surface area contributed by atoms with E-state index in [9.17, 15) is 4.79 Å². The van der Waals surface area contributed by atoms with Crippen LogP contribution < -0.4 is 11.1 Å². The number of thiazole rings is 1. The number of anilines is 1. The number of aromatic nitrogens is 2. The van der Waals surface area contributed by atoms with Gasteiger partial charge in [-0.15, -0.1) is 0 Å². The maximum absolute atomic E-state index is 12.0. The first-order valence-electron chi connectivity index (χ1n) is 5.56. The van der Waals surface area contributed by atoms with E-state index in [-0.39, 0.29) is 5.91 Å². The number of nitrogen functional groups attached to an aromatic ring is 1. The molecule has 3 aromatic rings. The Balaban J connectivity index is 1.77. The average molecular weight is 274 g/mol. The summed E-state index contributed by atoms with van der Waals surface area (Å²) in [6.45, 7) is 0.332. The minimum Gasteiger partial charge on any atom is -0.375 e. The molecule has 6 nitrogen and oxygen atoms in total. The molecule has 0 aliphatic rings. The summed E-state index contributed by atoms with van der Waals surface area (Å²) in [5, 5.41) is 6.98. The number of hydrogen-bond acceptors (Lipinski definition) is 6. The Labute approximate surface area is 112 Å². The van der Waals surface area contributed by atoms with Crippen molar-refractivity contribution < 1.29 is 9.32 Å². The zero-order valence-corrected chi connectivity index (χ0v) is 10.6. The molecule has 0 bridgehead atoms. The molecule has 7 heteroatoms. The summed E-state index contributed by atoms with van der Waals surface area (Å²) in [6, 6.07) is 6.99. The largest absolute Gasteiger partial charge is 0.375 e. The lowest BCUT2D eigenvalue weighted by Gasteiger charge is -2.02. The fourth-order valence-electron chi connectivity index (χ4n) is 1.69. The molecule has 0 radical (unpaired) electrons. The van der Waals surface area contributed by atoms with Crippen molar-refractivity contribution in [1.82, 2.24) is 15.5 Å². The maximum atomic E-state index is 12.0. The number of amides is 1. The SMILES string of the molecule is Nc1nc2ccc(C(=O)NCc3ccon3)cc2s1. The first-order chi connectivity index (χ1) is 9.22. The summed E-state index contributed by atoms with van der Waals surface area (Å²) in [5.74, 6) is -0.170. The van der Waals surface area contributed by atoms with Gasteiger partial charge in [0.05, 0.1) is 16.8 Å². The van der Waals surface area contributed by atoms with Crippen LogP contribution in [0.1, 0.15) is 16.1 Å². The topological polar surface area (TPSA) is 94.0 Å². The highest BCUT2D eigenvalue weighted by atomic mass is 32.1. The van der Waals surface area contributed by atoms with Gasteiger partial charge in [-0.2, -0.15) is 0 Å². The molecule has 2 heterocycles. The van der Waals surface area contributed by atoms with E-state index in [0.29, 0.717) is 22.9 Å². The molecule has 1 amide bonds. The van der Waals surface area contributed by atoms with Gasteiger partial charge in [0.2, 0.25) is 0 Å². The number of nitrogens with one attached hydrogen (secondary N) is 1. The summed E-state index contributed by atoms with van der Waals surface area (Å²) in [6.07, 6.45) is 1.47. The smallest absolute Gasteiger partial charge is 0.251 e. The van der Waals surface area contributed by atoms with Crippen LogP contribution in [-0.4, -0.2) is 16.0 Å². The van der Waals surface area contributed by atoms with Gasteiger partial charge in [-0.1, -0.05) is 16.5 Å². The quantitative estimate of drug-likeness (QED) is 0.759. The first-order valence-corrected chi connectivity index (χ1v) is 6.37. The molecule has 0 aliphatic heterocycles. The predicted molar refractivity (Wildman–Crippen MR) is 71.7 cm³/mol. The zero-order valence-electron chi connectivity index (χ0n) is 9.79. The van der Waals surface area contributed by atoms with Crippen molar-refractivity contribution in [3.8, 4) is 0 Å². The molecular formula is C12H10N4O2S. The Morgan fingerprint density at radius 1 is 1.42 bits per heavy atom. The van der Waals surface area contributed by atoms with Crippen molar-refractivity contribution in [2.45, 2.75) is 6.54 Å². The van der Waals surface area contributed by atoms with Gasteiger partial charge in [0.15, 0.2) is 5.13 Å². The van der Waals surface area contributed by atoms with Crippen molar-refractivity contribution in [3.05, 3.63) is 41.8 Å². The zero-order chi connectivity index (χ0) is 13.2. The second-order valence-electron chi connectivity index (χ2n) is 3.91. The van der Waals surface area contributed by atoms with Crippen LogP contribution in [0.5, 0.6) is 0 Å². The van der Waals surface area contributed by atoms with E-state index in [0.717, 1.165) is 10.2 Å². The number of carbonyl (C=O) groups excluding carboxylic acids is 1. The summed E-state index contributed by atoms with van der Waals surface area (Å²) in [5.41, 5.74) is 7.68. The molecule has 0 unspecified atom stereocenters. The number of hydrogen-bond donors (Lipinski definition) is 2. The molecule has 0 aliphatic carbocycles. The summed E-state index contributed by atoms with van der Waals surface area (Å²) < 4.78 is 5.59. The predicted octanol–water partition coefficient (Wildman–Crippen LogP) is 1.80. The normalized spacial score (nSPS) is 10.7. The number of carbonyl (C=O) groups is 1. The van der Waals surface area contributed by atoms with Crippen LogP contribution in [-0.2, 0) is 6.54 Å². The van der Waals surface area contributed by atoms with Crippen molar-refractivity contribution in [2.24, 2.45) is 0 Å². The van der Waals surface area contributed by atoms with Crippen molar-refractivity contribution in [1.29, 1.82) is 0 Å². The second-order valence-corrected chi connectivity index (χ2v) is 4.97. The Hall–Kier alpha value is -2.41. The van der Waals surface area contributed by atoms with Gasteiger partial charge in [-0.05, 0) is 18.2 Å². The van der Waals surface area contributed by atoms with Gasteiger partial charge < -0.3 is 15.6 Å². The van der Waals surface area contributed by atoms with Gasteiger partial charge in [-0.25, -0.2) is 4.98 Å². The molecule has 1 aromatic carbocycles. The van der Waals surface area contributed by atoms with E-state index in [1.165, 1.54) is 17.6 Å². The van der Waals surface area contributed by atoms with E-state index in [1.807, 2.05) is 0 Å². The molecule has 0 atom stereocenters. The summed E-state index contributed by atoms with van der Waals surface area (Å²) in [7, 11) is 0. The van der Waals surface area contributed by atoms with E-state index in [1.54, 1.807) is 24.3 Å². The van der Waals surface area contributed by atoms with E-state index in [4.69, 9.17) is 10.3 Å². The van der Waals surface area contributed by atoms with Crippen LogP contribution in [0.3, 0.4) is 0 Å². The third-order valence-electron chi connectivity index (χ3n) is 2.59. The molecule has 0 saturated carbocycles. The molecule has 0 fully saturated rings. The lowest BCUT2D eigenvalue weighted by molar-refractivity contribution is 0.0950. The van der Waals surface area contributed by atoms with Crippen LogP contribution >= 0.6 is 11.3 Å². The fourth-order valence-corrected chi connectivity index (χ4v) is 2.46. The summed E-state index contributed by atoms with van der Waals surface area (Å²) >= 11 is 1.36. The third-order valence-corrected chi connectivity index (χ3v) is 3.44. The molecule has 0 spiro atoms. The van der Waals surface area contributed by atoms with Gasteiger partial charge >= 0.3 is 0 Å². The number of nitrogens with zero attached hydrogens (tertiary/aromatic N) is 2. The van der Waals surface area contributed by atoms with Crippen molar-refractivity contribution in [2.75, 3.05) is 5.73 Å². The van der Waals surface area contributed by atoms with Crippen LogP contribution in [0.25, 0.3) is 10.2 Å². The Bertz CT molecular complexity index is 720. The standard InChI is InChI=1S/C12H10N4O2S/c13-12-15-9-2-1-7(5-10(9)19-12)11(17)14-6-8-3-4-18-16-8/h1-5H,6H2,(H2,13,15)(H,14,17). The highest BCUT2D eigenvalue weighted by molar-refractivity contribution is 7.22. The van der Waals surface area contributed by atoms with Gasteiger partial charge in [-0.3, -0.25) is 4.79 Å². The second kappa shape index (κ2) is 4.69. The highest BCUT2D eigenvalue weighted by Gasteiger charge is 2.09. The third kappa shape index (κ3) is 2.41. The van der Waals surface area contributed by atoms with Crippen LogP contribution in [0.15, 0.2) is 35.1 Å². The summed E-state index contributed by atoms with van der Waals surface area (Å²) in [4.78, 5) is 16.1. The Morgan fingerprint density at radius 3 is 3.11 bits per heavy atom. The van der Waals surface area contributed by atoms with Crippen LogP contribution in [0.4, 0.5) is 5.13 Å². The average Bonchev–Trinajstić information content (AvgIpc) is 3.02. The minimum atomic E-state index is -0.170. The fraction of sp³-hybridized carbons (Fsp3) is 0.0833. The van der Waals surface area contributed by atoms with E-state index >= 15 is 0 Å². The molecule has 2 aromatic heterocycles. The highest BCUT2D eigenvalue weighted by Crippen LogP contribution is 2.24. The van der Waals surface area contributed by atoms with Gasteiger partial charge in [0.1, 0.15) is 12.0 Å². The van der Waals surface area contributed by atoms with Crippen LogP contribution in [0.2, 0.25) is 0 Å². The molecular weight excluding hydrogens is 264 g/mol. The Kier molecular flexibility index (Phi) is 2.88. The molecule has 19 heavy (non-hydrogen) atoms. The lowest BCUT2D eigenvalue weighted by Crippen LogP contribution is -2.22. The first kappa shape index (κ1) is 11.7. The number of fused-ring (bicyclic) bond motifs is 1. The molecule has 96 valence electrons. The van der Waals surface area contributed by atoms with Gasteiger partial charge in [0.25, 0.3) is 5.91 Å². The lowest BCUT2D eigenvalue weighted by atomic mass is 10.2. The molecule has 3 N–H and O–H groups in total. The van der Waals surface area contributed by atoms with Crippen molar-refractivity contribution >= 4 is 32.6 Å². The molecule has 3 rings (SSSR count). The number of benzene rings is 1.